The summed E-state index contributed by atoms with van der Waals surface area (Å²) in [6, 6.07) is 10.2. The normalized spacial score (nSPS) is 26.5. The van der Waals surface area contributed by atoms with Gasteiger partial charge in [0, 0.05) is 0 Å². The molecule has 0 spiro atoms. The molecule has 0 radical (unpaired) electrons. The summed E-state index contributed by atoms with van der Waals surface area (Å²) in [6.07, 6.45) is -0.611. The van der Waals surface area contributed by atoms with E-state index in [4.69, 9.17) is 18.6 Å². The van der Waals surface area contributed by atoms with E-state index in [1.54, 1.807) is 14.2 Å². The molecule has 28 heavy (non-hydrogen) atoms. The van der Waals surface area contributed by atoms with E-state index in [-0.39, 0.29) is 43.5 Å². The standard InChI is InChI=1S/C21H34O5SeSi/c1-21(2,3)28(6,7)26-19-16(25-14-23-4)13-17(18(22)20(19)24-5)27-15-11-9-8-10-12-15/h8-12,16-17,19-20H,13-14H2,1-7H3/t16-,17?,19+,20+/m0/s1. The van der Waals surface area contributed by atoms with Gasteiger partial charge in [-0.3, -0.25) is 0 Å². The fraction of sp³-hybridized carbons (Fsp3) is 0.667. The van der Waals surface area contributed by atoms with E-state index in [1.165, 1.54) is 4.46 Å². The summed E-state index contributed by atoms with van der Waals surface area (Å²) in [5, 5.41) is 0.0327. The van der Waals surface area contributed by atoms with Crippen molar-refractivity contribution in [3.05, 3.63) is 30.3 Å². The molecule has 0 amide bonds. The van der Waals surface area contributed by atoms with Crippen molar-refractivity contribution in [2.75, 3.05) is 21.0 Å². The van der Waals surface area contributed by atoms with Gasteiger partial charge < -0.3 is 0 Å². The van der Waals surface area contributed by atoms with Crippen molar-refractivity contribution in [2.45, 2.75) is 68.5 Å². The number of ketones is 1. The van der Waals surface area contributed by atoms with Gasteiger partial charge in [0.05, 0.1) is 0 Å². The zero-order valence-corrected chi connectivity index (χ0v) is 20.8. The quantitative estimate of drug-likeness (QED) is 0.429. The zero-order chi connectivity index (χ0) is 20.9. The molecule has 2 rings (SSSR count). The van der Waals surface area contributed by atoms with Gasteiger partial charge in [-0.25, -0.2) is 0 Å². The van der Waals surface area contributed by atoms with E-state index >= 15 is 0 Å². The molecular weight excluding hydrogens is 439 g/mol. The second-order valence-electron chi connectivity index (χ2n) is 8.67. The van der Waals surface area contributed by atoms with Gasteiger partial charge in [0.2, 0.25) is 0 Å². The average Bonchev–Trinajstić information content (AvgIpc) is 2.63. The first-order chi connectivity index (χ1) is 13.1. The van der Waals surface area contributed by atoms with Crippen LogP contribution in [0.4, 0.5) is 0 Å². The molecular formula is C21H34O5SeSi. The van der Waals surface area contributed by atoms with Crippen LogP contribution in [-0.2, 0) is 23.4 Å². The van der Waals surface area contributed by atoms with Gasteiger partial charge in [-0.2, -0.15) is 0 Å². The molecule has 1 aromatic rings. The van der Waals surface area contributed by atoms with Crippen LogP contribution in [0.1, 0.15) is 27.2 Å². The Morgan fingerprint density at radius 3 is 2.32 bits per heavy atom. The SMILES string of the molecule is COCO[C@H]1CC([Se]c2ccccc2)C(=O)[C@@H](OC)[C@@H]1O[Si](C)(C)C(C)(C)C. The maximum absolute atomic E-state index is 13.3. The number of hydrogen-bond acceptors (Lipinski definition) is 5. The molecule has 5 nitrogen and oxygen atoms in total. The number of hydrogen-bond donors (Lipinski definition) is 0. The number of methoxy groups -OCH3 is 2. The minimum atomic E-state index is -2.11. The number of benzene rings is 1. The van der Waals surface area contributed by atoms with Gasteiger partial charge in [0.15, 0.2) is 0 Å². The molecule has 0 aliphatic heterocycles. The third kappa shape index (κ3) is 5.76. The van der Waals surface area contributed by atoms with Crippen molar-refractivity contribution in [2.24, 2.45) is 0 Å². The molecule has 1 unspecified atom stereocenters. The molecule has 158 valence electrons. The van der Waals surface area contributed by atoms with E-state index in [0.717, 1.165) is 0 Å². The van der Waals surface area contributed by atoms with Crippen LogP contribution < -0.4 is 4.46 Å². The van der Waals surface area contributed by atoms with Crippen LogP contribution in [0, 0.1) is 0 Å². The molecule has 0 heterocycles. The Hall–Kier alpha value is -0.534. The van der Waals surface area contributed by atoms with Crippen molar-refractivity contribution in [1.82, 2.24) is 0 Å². The summed E-state index contributed by atoms with van der Waals surface area (Å²) in [5.41, 5.74) is 0. The van der Waals surface area contributed by atoms with E-state index < -0.39 is 20.5 Å². The first-order valence-corrected chi connectivity index (χ1v) is 14.4. The molecule has 7 heteroatoms. The second-order valence-corrected chi connectivity index (χ2v) is 16.1. The Labute approximate surface area is 176 Å². The summed E-state index contributed by atoms with van der Waals surface area (Å²) < 4.78 is 24.7. The molecule has 1 fully saturated rings. The van der Waals surface area contributed by atoms with Gasteiger partial charge in [-0.1, -0.05) is 0 Å². The average molecular weight is 474 g/mol. The monoisotopic (exact) mass is 474 g/mol. The van der Waals surface area contributed by atoms with Crippen LogP contribution in [0.3, 0.4) is 0 Å². The number of Topliss-reactive ketones (excluding diaryl/α,β-unsaturated/α-hetero) is 1. The summed E-state index contributed by atoms with van der Waals surface area (Å²) in [4.78, 5) is 13.2. The number of carbonyl (C=O) groups is 1. The Balaban J connectivity index is 2.27. The Morgan fingerprint density at radius 2 is 1.79 bits per heavy atom. The third-order valence-corrected chi connectivity index (χ3v) is 12.7. The molecule has 1 saturated carbocycles. The van der Waals surface area contributed by atoms with Crippen LogP contribution in [0.2, 0.25) is 22.9 Å². The van der Waals surface area contributed by atoms with Gasteiger partial charge in [-0.15, -0.1) is 0 Å². The van der Waals surface area contributed by atoms with Gasteiger partial charge in [-0.05, 0) is 0 Å². The van der Waals surface area contributed by atoms with Crippen LogP contribution >= 0.6 is 0 Å². The predicted molar refractivity (Wildman–Crippen MR) is 115 cm³/mol. The maximum atomic E-state index is 13.3. The van der Waals surface area contributed by atoms with Gasteiger partial charge in [0.25, 0.3) is 0 Å². The first-order valence-electron chi connectivity index (χ1n) is 9.67. The minimum absolute atomic E-state index is 0.0196. The van der Waals surface area contributed by atoms with E-state index in [1.807, 2.05) is 18.2 Å². The van der Waals surface area contributed by atoms with E-state index in [0.29, 0.717) is 6.42 Å². The van der Waals surface area contributed by atoms with Gasteiger partial charge >= 0.3 is 177 Å². The summed E-state index contributed by atoms with van der Waals surface area (Å²) in [5.74, 6) is 0.132. The van der Waals surface area contributed by atoms with Crippen molar-refractivity contribution in [1.29, 1.82) is 0 Å². The first kappa shape index (κ1) is 23.7. The van der Waals surface area contributed by atoms with E-state index in [9.17, 15) is 4.79 Å². The predicted octanol–water partition coefficient (Wildman–Crippen LogP) is 3.17. The number of rotatable bonds is 8. The zero-order valence-electron chi connectivity index (χ0n) is 18.1. The molecule has 1 aromatic carbocycles. The van der Waals surface area contributed by atoms with Crippen molar-refractivity contribution in [3.63, 3.8) is 0 Å². The van der Waals surface area contributed by atoms with Crippen LogP contribution in [0.15, 0.2) is 30.3 Å². The van der Waals surface area contributed by atoms with Crippen LogP contribution in [0.5, 0.6) is 0 Å². The summed E-state index contributed by atoms with van der Waals surface area (Å²) in [7, 11) is 1.10. The molecule has 0 N–H and O–H groups in total. The summed E-state index contributed by atoms with van der Waals surface area (Å²) >= 11 is 0.0196. The fourth-order valence-corrected chi connectivity index (χ4v) is 6.78. The molecule has 0 bridgehead atoms. The van der Waals surface area contributed by atoms with Crippen LogP contribution in [-0.4, -0.2) is 68.4 Å². The van der Waals surface area contributed by atoms with E-state index in [2.05, 4.69) is 46.0 Å². The topological polar surface area (TPSA) is 54.0 Å². The molecule has 0 aromatic heterocycles. The number of ether oxygens (including phenoxy) is 3. The molecule has 1 aliphatic rings. The number of carbonyl (C=O) groups excluding carboxylic acids is 1. The third-order valence-electron chi connectivity index (χ3n) is 5.62. The fourth-order valence-electron chi connectivity index (χ4n) is 2.99. The Kier molecular flexibility index (Phi) is 8.46. The molecule has 0 saturated heterocycles. The van der Waals surface area contributed by atoms with Crippen molar-refractivity contribution >= 4 is 33.5 Å². The Bertz CT molecular complexity index is 631. The van der Waals surface area contributed by atoms with Crippen molar-refractivity contribution < 1.29 is 23.4 Å². The molecule has 4 atom stereocenters. The van der Waals surface area contributed by atoms with Gasteiger partial charge in [0.1, 0.15) is 0 Å². The van der Waals surface area contributed by atoms with Crippen LogP contribution in [0.25, 0.3) is 0 Å². The molecule has 1 aliphatic carbocycles. The Morgan fingerprint density at radius 1 is 1.14 bits per heavy atom. The second kappa shape index (κ2) is 9.98. The summed E-state index contributed by atoms with van der Waals surface area (Å²) in [6.45, 7) is 11.1. The van der Waals surface area contributed by atoms with Crippen molar-refractivity contribution in [3.8, 4) is 0 Å².